The van der Waals surface area contributed by atoms with Gasteiger partial charge in [0.15, 0.2) is 12.7 Å². The van der Waals surface area contributed by atoms with Crippen LogP contribution in [0.15, 0.2) is 65.5 Å². The zero-order chi connectivity index (χ0) is 22.4. The molecule has 0 saturated carbocycles. The van der Waals surface area contributed by atoms with Gasteiger partial charge in [0.2, 0.25) is 0 Å². The van der Waals surface area contributed by atoms with Crippen LogP contribution >= 0.6 is 0 Å². The Morgan fingerprint density at radius 2 is 1.65 bits per heavy atom. The van der Waals surface area contributed by atoms with E-state index in [9.17, 15) is 14.4 Å². The number of aromatic nitrogens is 2. The summed E-state index contributed by atoms with van der Waals surface area (Å²) in [4.78, 5) is 37.5. The molecule has 31 heavy (non-hydrogen) atoms. The van der Waals surface area contributed by atoms with E-state index < -0.39 is 24.6 Å². The number of carbonyl (C=O) groups is 2. The summed E-state index contributed by atoms with van der Waals surface area (Å²) in [6.07, 6.45) is -0.446. The average molecular weight is 423 g/mol. The van der Waals surface area contributed by atoms with Crippen molar-refractivity contribution in [1.29, 1.82) is 0 Å². The molecular weight excluding hydrogens is 398 g/mol. The third kappa shape index (κ3) is 5.03. The van der Waals surface area contributed by atoms with Crippen molar-refractivity contribution in [1.82, 2.24) is 9.36 Å². The molecule has 0 unspecified atom stereocenters. The van der Waals surface area contributed by atoms with Crippen LogP contribution in [0.3, 0.4) is 0 Å². The van der Waals surface area contributed by atoms with Crippen molar-refractivity contribution < 1.29 is 19.1 Å². The van der Waals surface area contributed by atoms with Gasteiger partial charge in [0, 0.05) is 7.05 Å². The number of hydrogen-bond acceptors (Lipinski definition) is 5. The third-order valence-electron chi connectivity index (χ3n) is 4.82. The maximum Gasteiger partial charge on any atom is 0.347 e. The summed E-state index contributed by atoms with van der Waals surface area (Å²) in [5.41, 5.74) is 1.02. The van der Waals surface area contributed by atoms with Gasteiger partial charge in [-0.25, -0.2) is 9.48 Å². The predicted octanol–water partition coefficient (Wildman–Crippen LogP) is 2.82. The highest BCUT2D eigenvalue weighted by Crippen LogP contribution is 2.15. The summed E-state index contributed by atoms with van der Waals surface area (Å²) in [5, 5.41) is 2.56. The number of ether oxygens (including phenoxy) is 2. The number of nitrogens with one attached hydrogen (secondary N) is 1. The molecule has 3 aromatic rings. The minimum atomic E-state index is -0.830. The number of benzene rings is 2. The van der Waals surface area contributed by atoms with E-state index in [1.165, 1.54) is 4.68 Å². The van der Waals surface area contributed by atoms with Crippen LogP contribution < -0.4 is 15.6 Å². The van der Waals surface area contributed by atoms with Gasteiger partial charge in [-0.05, 0) is 37.6 Å². The van der Waals surface area contributed by atoms with Gasteiger partial charge in [-0.15, -0.1) is 0 Å². The molecule has 8 nitrogen and oxygen atoms in total. The van der Waals surface area contributed by atoms with Gasteiger partial charge in [0.1, 0.15) is 11.4 Å². The number of anilines is 1. The molecule has 3 rings (SSSR count). The van der Waals surface area contributed by atoms with Crippen LogP contribution in [0.4, 0.5) is 5.69 Å². The highest BCUT2D eigenvalue weighted by molar-refractivity contribution is 5.93. The lowest BCUT2D eigenvalue weighted by atomic mass is 10.2. The summed E-state index contributed by atoms with van der Waals surface area (Å²) >= 11 is 0. The summed E-state index contributed by atoms with van der Waals surface area (Å²) in [6.45, 7) is 2.99. The molecule has 1 N–H and O–H groups in total. The first kappa shape index (κ1) is 21.9. The van der Waals surface area contributed by atoms with Gasteiger partial charge in [-0.3, -0.25) is 14.3 Å². The van der Waals surface area contributed by atoms with E-state index in [0.717, 1.165) is 0 Å². The molecule has 8 heteroatoms. The lowest BCUT2D eigenvalue weighted by Crippen LogP contribution is -2.32. The van der Waals surface area contributed by atoms with E-state index >= 15 is 0 Å². The first-order chi connectivity index (χ1) is 14.9. The van der Waals surface area contributed by atoms with Crippen LogP contribution in [-0.2, 0) is 21.4 Å². The molecule has 1 heterocycles. The van der Waals surface area contributed by atoms with Crippen molar-refractivity contribution in [3.05, 3.63) is 76.7 Å². The Morgan fingerprint density at radius 1 is 1.03 bits per heavy atom. The van der Waals surface area contributed by atoms with Crippen molar-refractivity contribution in [2.24, 2.45) is 7.05 Å². The van der Waals surface area contributed by atoms with Crippen molar-refractivity contribution in [3.8, 4) is 11.4 Å². The van der Waals surface area contributed by atoms with Gasteiger partial charge in [0.25, 0.3) is 11.5 Å². The first-order valence-corrected chi connectivity index (χ1v) is 9.94. The van der Waals surface area contributed by atoms with Crippen molar-refractivity contribution >= 4 is 17.6 Å². The summed E-state index contributed by atoms with van der Waals surface area (Å²) in [5.74, 6) is -0.709. The fraction of sp³-hybridized carbons (Fsp3) is 0.261. The Bertz CT molecular complexity index is 1100. The molecule has 0 spiro atoms. The van der Waals surface area contributed by atoms with Gasteiger partial charge in [-0.2, -0.15) is 0 Å². The molecule has 1 amide bonds. The van der Waals surface area contributed by atoms with E-state index in [4.69, 9.17) is 9.47 Å². The second-order valence-electron chi connectivity index (χ2n) is 6.92. The van der Waals surface area contributed by atoms with Crippen molar-refractivity contribution in [3.63, 3.8) is 0 Å². The quantitative estimate of drug-likeness (QED) is 0.563. The Labute approximate surface area is 180 Å². The number of nitrogens with zero attached hydrogens (tertiary/aromatic N) is 2. The van der Waals surface area contributed by atoms with Crippen LogP contribution in [0, 0.1) is 6.92 Å². The zero-order valence-electron chi connectivity index (χ0n) is 17.7. The second kappa shape index (κ2) is 9.80. The monoisotopic (exact) mass is 423 g/mol. The molecule has 0 bridgehead atoms. The molecule has 0 fully saturated rings. The van der Waals surface area contributed by atoms with E-state index in [-0.39, 0.29) is 11.2 Å². The Hall–Kier alpha value is -3.81. The number of esters is 1. The van der Waals surface area contributed by atoms with Gasteiger partial charge in [-0.1, -0.05) is 43.3 Å². The Morgan fingerprint density at radius 3 is 2.26 bits per heavy atom. The topological polar surface area (TPSA) is 91.6 Å². The van der Waals surface area contributed by atoms with Crippen LogP contribution in [0.1, 0.15) is 19.0 Å². The fourth-order valence-electron chi connectivity index (χ4n) is 3.08. The van der Waals surface area contributed by atoms with Gasteiger partial charge in [0.05, 0.1) is 11.4 Å². The third-order valence-corrected chi connectivity index (χ3v) is 4.82. The minimum absolute atomic E-state index is 0.139. The molecule has 0 radical (unpaired) electrons. The summed E-state index contributed by atoms with van der Waals surface area (Å²) in [6, 6.07) is 18.0. The molecule has 0 saturated heterocycles. The standard InChI is InChI=1S/C23H25N3O5/c1-4-19(31-18-13-9-6-10-14-18)23(29)30-15-20(27)24-21-16(2)25(3)26(22(21)28)17-11-7-5-8-12-17/h5-14,19H,4,15H2,1-3H3,(H,24,27)/t19-/m0/s1. The SMILES string of the molecule is CC[C@H](Oc1ccccc1)C(=O)OCC(=O)Nc1c(C)n(C)n(-c2ccccc2)c1=O. The number of carbonyl (C=O) groups excluding carboxylic acids is 2. The highest BCUT2D eigenvalue weighted by Gasteiger charge is 2.22. The fourth-order valence-corrected chi connectivity index (χ4v) is 3.08. The van der Waals surface area contributed by atoms with Gasteiger partial charge < -0.3 is 14.8 Å². The van der Waals surface area contributed by atoms with Crippen LogP contribution in [0.2, 0.25) is 0 Å². The maximum atomic E-state index is 12.8. The van der Waals surface area contributed by atoms with Crippen molar-refractivity contribution in [2.45, 2.75) is 26.4 Å². The van der Waals surface area contributed by atoms with Crippen LogP contribution in [-0.4, -0.2) is 34.0 Å². The zero-order valence-corrected chi connectivity index (χ0v) is 17.7. The molecule has 1 aromatic heterocycles. The Kier molecular flexibility index (Phi) is 6.92. The molecule has 162 valence electrons. The highest BCUT2D eigenvalue weighted by atomic mass is 16.6. The predicted molar refractivity (Wildman–Crippen MR) is 116 cm³/mol. The largest absolute Gasteiger partial charge is 0.479 e. The molecule has 2 aromatic carbocycles. The van der Waals surface area contributed by atoms with E-state index in [2.05, 4.69) is 5.32 Å². The lowest BCUT2D eigenvalue weighted by Gasteiger charge is -2.16. The van der Waals surface area contributed by atoms with E-state index in [1.54, 1.807) is 62.0 Å². The first-order valence-electron chi connectivity index (χ1n) is 9.94. The van der Waals surface area contributed by atoms with Crippen molar-refractivity contribution in [2.75, 3.05) is 11.9 Å². The maximum absolute atomic E-state index is 12.8. The number of amides is 1. The van der Waals surface area contributed by atoms with Crippen LogP contribution in [0.25, 0.3) is 5.69 Å². The molecule has 0 aliphatic carbocycles. The minimum Gasteiger partial charge on any atom is -0.479 e. The van der Waals surface area contributed by atoms with E-state index in [0.29, 0.717) is 23.6 Å². The molecule has 0 aliphatic heterocycles. The Balaban J connectivity index is 1.65. The second-order valence-corrected chi connectivity index (χ2v) is 6.92. The number of hydrogen-bond donors (Lipinski definition) is 1. The lowest BCUT2D eigenvalue weighted by molar-refractivity contribution is -0.154. The average Bonchev–Trinajstić information content (AvgIpc) is 3.00. The molecule has 0 aliphatic rings. The van der Waals surface area contributed by atoms with Gasteiger partial charge >= 0.3 is 5.97 Å². The number of para-hydroxylation sites is 2. The smallest absolute Gasteiger partial charge is 0.347 e. The number of rotatable bonds is 8. The summed E-state index contributed by atoms with van der Waals surface area (Å²) in [7, 11) is 1.73. The van der Waals surface area contributed by atoms with E-state index in [1.807, 2.05) is 24.3 Å². The summed E-state index contributed by atoms with van der Waals surface area (Å²) < 4.78 is 13.8. The molecular formula is C23H25N3O5. The normalized spacial score (nSPS) is 11.6. The van der Waals surface area contributed by atoms with Crippen LogP contribution in [0.5, 0.6) is 5.75 Å². The molecule has 1 atom stereocenters.